The lowest BCUT2D eigenvalue weighted by Crippen LogP contribution is -2.39. The molecule has 62 valence electrons. The summed E-state index contributed by atoms with van der Waals surface area (Å²) in [5, 5.41) is 0. The minimum absolute atomic E-state index is 0.0933. The molecular formula is C8H13NO2. The zero-order valence-electron chi connectivity index (χ0n) is 6.75. The molecule has 0 saturated carbocycles. The molecule has 0 bridgehead atoms. The topological polar surface area (TPSA) is 29.5 Å². The molecule has 0 aromatic heterocycles. The smallest absolute Gasteiger partial charge is 0.246 e. The van der Waals surface area contributed by atoms with E-state index in [1.54, 1.807) is 17.1 Å². The van der Waals surface area contributed by atoms with Crippen LogP contribution in [0.1, 0.15) is 6.92 Å². The normalized spacial score (nSPS) is 19.2. The van der Waals surface area contributed by atoms with Crippen molar-refractivity contribution in [1.29, 1.82) is 0 Å². The molecule has 0 aromatic rings. The first-order valence-electron chi connectivity index (χ1n) is 3.84. The summed E-state index contributed by atoms with van der Waals surface area (Å²) >= 11 is 0. The van der Waals surface area contributed by atoms with E-state index in [0.717, 1.165) is 13.1 Å². The lowest BCUT2D eigenvalue weighted by molar-refractivity contribution is -0.129. The zero-order chi connectivity index (χ0) is 8.10. The van der Waals surface area contributed by atoms with Gasteiger partial charge in [0, 0.05) is 13.1 Å². The predicted molar refractivity (Wildman–Crippen MR) is 42.2 cm³/mol. The Morgan fingerprint density at radius 3 is 2.64 bits per heavy atom. The van der Waals surface area contributed by atoms with Crippen molar-refractivity contribution in [3.05, 3.63) is 12.2 Å². The Bertz CT molecular complexity index is 159. The fraction of sp³-hybridized carbons (Fsp3) is 0.625. The maximum atomic E-state index is 11.2. The highest BCUT2D eigenvalue weighted by Crippen LogP contribution is 1.97. The van der Waals surface area contributed by atoms with E-state index in [1.807, 2.05) is 6.92 Å². The number of morpholine rings is 1. The van der Waals surface area contributed by atoms with E-state index < -0.39 is 0 Å². The summed E-state index contributed by atoms with van der Waals surface area (Å²) in [5.74, 6) is 0.0933. The van der Waals surface area contributed by atoms with Gasteiger partial charge in [-0.3, -0.25) is 4.79 Å². The summed E-state index contributed by atoms with van der Waals surface area (Å²) in [7, 11) is 0. The Morgan fingerprint density at radius 1 is 1.45 bits per heavy atom. The van der Waals surface area contributed by atoms with E-state index in [2.05, 4.69) is 0 Å². The highest BCUT2D eigenvalue weighted by molar-refractivity contribution is 5.87. The van der Waals surface area contributed by atoms with Gasteiger partial charge < -0.3 is 9.64 Å². The van der Waals surface area contributed by atoms with E-state index in [4.69, 9.17) is 4.74 Å². The number of hydrogen-bond acceptors (Lipinski definition) is 2. The molecule has 0 aromatic carbocycles. The van der Waals surface area contributed by atoms with Gasteiger partial charge in [-0.1, -0.05) is 6.08 Å². The fourth-order valence-corrected chi connectivity index (χ4v) is 1.03. The molecule has 3 nitrogen and oxygen atoms in total. The molecule has 0 aliphatic carbocycles. The van der Waals surface area contributed by atoms with Crippen LogP contribution < -0.4 is 0 Å². The molecule has 11 heavy (non-hydrogen) atoms. The molecule has 3 heteroatoms. The first-order chi connectivity index (χ1) is 5.34. The van der Waals surface area contributed by atoms with Crippen LogP contribution in [0.15, 0.2) is 12.2 Å². The second kappa shape index (κ2) is 4.13. The van der Waals surface area contributed by atoms with E-state index >= 15 is 0 Å². The van der Waals surface area contributed by atoms with Gasteiger partial charge in [0.05, 0.1) is 13.2 Å². The maximum absolute atomic E-state index is 11.2. The third-order valence-corrected chi connectivity index (χ3v) is 1.63. The monoisotopic (exact) mass is 155 g/mol. The van der Waals surface area contributed by atoms with Crippen molar-refractivity contribution in [3.8, 4) is 0 Å². The van der Waals surface area contributed by atoms with Gasteiger partial charge in [0.15, 0.2) is 0 Å². The second-order valence-corrected chi connectivity index (χ2v) is 2.44. The molecular weight excluding hydrogens is 142 g/mol. The van der Waals surface area contributed by atoms with Crippen molar-refractivity contribution in [1.82, 2.24) is 4.90 Å². The van der Waals surface area contributed by atoms with Crippen LogP contribution in [-0.2, 0) is 9.53 Å². The lowest BCUT2D eigenvalue weighted by atomic mass is 10.4. The van der Waals surface area contributed by atoms with Gasteiger partial charge in [-0.15, -0.1) is 0 Å². The van der Waals surface area contributed by atoms with Crippen LogP contribution in [0.25, 0.3) is 0 Å². The molecule has 0 N–H and O–H groups in total. The van der Waals surface area contributed by atoms with Crippen molar-refractivity contribution < 1.29 is 9.53 Å². The predicted octanol–water partition coefficient (Wildman–Crippen LogP) is 0.421. The van der Waals surface area contributed by atoms with E-state index in [9.17, 15) is 4.79 Å². The van der Waals surface area contributed by atoms with Crippen molar-refractivity contribution >= 4 is 5.91 Å². The largest absolute Gasteiger partial charge is 0.378 e. The standard InChI is InChI=1S/C8H13NO2/c1-2-3-8(10)9-4-6-11-7-5-9/h2-3H,4-7H2,1H3. The van der Waals surface area contributed by atoms with Crippen LogP contribution in [0.3, 0.4) is 0 Å². The van der Waals surface area contributed by atoms with Gasteiger partial charge in [0.1, 0.15) is 0 Å². The van der Waals surface area contributed by atoms with Crippen LogP contribution in [0, 0.1) is 0 Å². The highest BCUT2D eigenvalue weighted by Gasteiger charge is 2.13. The third-order valence-electron chi connectivity index (χ3n) is 1.63. The number of allylic oxidation sites excluding steroid dienone is 1. The SMILES string of the molecule is CC=CC(=O)N1CCOCC1. The van der Waals surface area contributed by atoms with Crippen molar-refractivity contribution in [2.75, 3.05) is 26.3 Å². The second-order valence-electron chi connectivity index (χ2n) is 2.44. The summed E-state index contributed by atoms with van der Waals surface area (Å²) in [6.07, 6.45) is 3.35. The average molecular weight is 155 g/mol. The van der Waals surface area contributed by atoms with Crippen molar-refractivity contribution in [2.24, 2.45) is 0 Å². The molecule has 1 saturated heterocycles. The molecule has 1 fully saturated rings. The van der Waals surface area contributed by atoms with Crippen molar-refractivity contribution in [3.63, 3.8) is 0 Å². The number of ether oxygens (including phenoxy) is 1. The Morgan fingerprint density at radius 2 is 2.09 bits per heavy atom. The van der Waals surface area contributed by atoms with E-state index in [-0.39, 0.29) is 5.91 Å². The zero-order valence-corrected chi connectivity index (χ0v) is 6.75. The first-order valence-corrected chi connectivity index (χ1v) is 3.84. The van der Waals surface area contributed by atoms with E-state index in [0.29, 0.717) is 13.2 Å². The number of carbonyl (C=O) groups is 1. The van der Waals surface area contributed by atoms with Gasteiger partial charge >= 0.3 is 0 Å². The van der Waals surface area contributed by atoms with Gasteiger partial charge in [-0.25, -0.2) is 0 Å². The summed E-state index contributed by atoms with van der Waals surface area (Å²) in [4.78, 5) is 13.0. The molecule has 0 spiro atoms. The fourth-order valence-electron chi connectivity index (χ4n) is 1.03. The van der Waals surface area contributed by atoms with Gasteiger partial charge in [0.2, 0.25) is 5.91 Å². The van der Waals surface area contributed by atoms with Crippen LogP contribution in [0.4, 0.5) is 0 Å². The number of hydrogen-bond donors (Lipinski definition) is 0. The van der Waals surface area contributed by atoms with Crippen LogP contribution in [-0.4, -0.2) is 37.1 Å². The molecule has 0 unspecified atom stereocenters. The number of nitrogens with zero attached hydrogens (tertiary/aromatic N) is 1. The minimum Gasteiger partial charge on any atom is -0.378 e. The molecule has 0 atom stereocenters. The summed E-state index contributed by atoms with van der Waals surface area (Å²) in [6, 6.07) is 0. The van der Waals surface area contributed by atoms with Crippen LogP contribution in [0.2, 0.25) is 0 Å². The molecule has 1 rings (SSSR count). The lowest BCUT2D eigenvalue weighted by Gasteiger charge is -2.25. The number of carbonyl (C=O) groups excluding carboxylic acids is 1. The average Bonchev–Trinajstić information content (AvgIpc) is 2.07. The Hall–Kier alpha value is -0.830. The molecule has 1 heterocycles. The quantitative estimate of drug-likeness (QED) is 0.514. The Balaban J connectivity index is 2.38. The molecule has 0 radical (unpaired) electrons. The Labute approximate surface area is 66.6 Å². The first kappa shape index (κ1) is 8.27. The molecule has 1 amide bonds. The van der Waals surface area contributed by atoms with Gasteiger partial charge in [-0.05, 0) is 13.0 Å². The van der Waals surface area contributed by atoms with Crippen LogP contribution in [0.5, 0.6) is 0 Å². The number of amides is 1. The summed E-state index contributed by atoms with van der Waals surface area (Å²) in [6.45, 7) is 4.64. The third kappa shape index (κ3) is 2.35. The highest BCUT2D eigenvalue weighted by atomic mass is 16.5. The van der Waals surface area contributed by atoms with E-state index in [1.165, 1.54) is 0 Å². The van der Waals surface area contributed by atoms with Gasteiger partial charge in [-0.2, -0.15) is 0 Å². The van der Waals surface area contributed by atoms with Gasteiger partial charge in [0.25, 0.3) is 0 Å². The molecule has 1 aliphatic rings. The summed E-state index contributed by atoms with van der Waals surface area (Å²) in [5.41, 5.74) is 0. The Kier molecular flexibility index (Phi) is 3.11. The maximum Gasteiger partial charge on any atom is 0.246 e. The molecule has 1 aliphatic heterocycles. The minimum atomic E-state index is 0.0933. The summed E-state index contributed by atoms with van der Waals surface area (Å²) < 4.78 is 5.11. The number of rotatable bonds is 1. The van der Waals surface area contributed by atoms with Crippen LogP contribution >= 0.6 is 0 Å². The van der Waals surface area contributed by atoms with Crippen molar-refractivity contribution in [2.45, 2.75) is 6.92 Å².